The van der Waals surface area contributed by atoms with E-state index in [-0.39, 0.29) is 11.6 Å². The van der Waals surface area contributed by atoms with Crippen molar-refractivity contribution in [3.63, 3.8) is 0 Å². The molecule has 3 rings (SSSR count). The Balaban J connectivity index is 2.20. The third-order valence-electron chi connectivity index (χ3n) is 2.85. The fraction of sp³-hybridized carbons (Fsp3) is 0. The minimum absolute atomic E-state index is 0.0296. The second-order valence-corrected chi connectivity index (χ2v) is 6.07. The molecule has 2 aromatic heterocycles. The van der Waals surface area contributed by atoms with E-state index >= 15 is 0 Å². The number of halogens is 1. The van der Waals surface area contributed by atoms with Crippen LogP contribution in [0.15, 0.2) is 44.7 Å². The summed E-state index contributed by atoms with van der Waals surface area (Å²) in [5.41, 5.74) is 7.51. The third-order valence-corrected chi connectivity index (χ3v) is 4.20. The molecule has 0 radical (unpaired) electrons. The molecule has 3 aromatic rings. The van der Waals surface area contributed by atoms with E-state index in [1.807, 2.05) is 17.5 Å². The van der Waals surface area contributed by atoms with E-state index in [1.54, 1.807) is 6.07 Å². The smallest absolute Gasteiger partial charge is 0.271 e. The zero-order valence-corrected chi connectivity index (χ0v) is 12.8. The van der Waals surface area contributed by atoms with Gasteiger partial charge in [0, 0.05) is 27.0 Å². The number of non-ortho nitro benzene ring substituents is 1. The summed E-state index contributed by atoms with van der Waals surface area (Å²) in [6.07, 6.45) is 0. The highest BCUT2D eigenvalue weighted by Gasteiger charge is 2.20. The van der Waals surface area contributed by atoms with Crippen LogP contribution in [0.25, 0.3) is 21.7 Å². The van der Waals surface area contributed by atoms with Crippen LogP contribution in [-0.4, -0.2) is 10.1 Å². The van der Waals surface area contributed by atoms with Crippen LogP contribution < -0.4 is 5.73 Å². The SMILES string of the molecule is Nc1onc(-c2cc(Br)cc([N+](=O)[O-])c2)c1-c1cccs1. The Morgan fingerprint density at radius 3 is 2.86 bits per heavy atom. The molecule has 0 aliphatic heterocycles. The van der Waals surface area contributed by atoms with Crippen LogP contribution in [0.1, 0.15) is 0 Å². The lowest BCUT2D eigenvalue weighted by Crippen LogP contribution is -1.90. The van der Waals surface area contributed by atoms with Crippen molar-refractivity contribution in [3.8, 4) is 21.7 Å². The summed E-state index contributed by atoms with van der Waals surface area (Å²) in [5, 5.41) is 16.8. The summed E-state index contributed by atoms with van der Waals surface area (Å²) in [4.78, 5) is 11.4. The van der Waals surface area contributed by atoms with Gasteiger partial charge in [0.25, 0.3) is 5.69 Å². The average molecular weight is 366 g/mol. The molecule has 0 unspecified atom stereocenters. The van der Waals surface area contributed by atoms with Crippen molar-refractivity contribution in [2.75, 3.05) is 5.73 Å². The normalized spacial score (nSPS) is 10.7. The fourth-order valence-electron chi connectivity index (χ4n) is 1.98. The Labute approximate surface area is 131 Å². The molecule has 2 heterocycles. The minimum atomic E-state index is -0.456. The summed E-state index contributed by atoms with van der Waals surface area (Å²) in [6, 6.07) is 8.39. The zero-order valence-electron chi connectivity index (χ0n) is 10.4. The maximum absolute atomic E-state index is 11.0. The Hall–Kier alpha value is -2.19. The molecule has 0 amide bonds. The van der Waals surface area contributed by atoms with E-state index in [4.69, 9.17) is 10.3 Å². The lowest BCUT2D eigenvalue weighted by atomic mass is 10.1. The highest BCUT2D eigenvalue weighted by atomic mass is 79.9. The predicted molar refractivity (Wildman–Crippen MR) is 84.0 cm³/mol. The first-order chi connectivity index (χ1) is 10.1. The number of hydrogen-bond donors (Lipinski definition) is 1. The van der Waals surface area contributed by atoms with Crippen molar-refractivity contribution in [2.24, 2.45) is 0 Å². The standard InChI is InChI=1S/C13H8BrN3O3S/c14-8-4-7(5-9(6-8)17(18)19)12-11(13(15)20-16-12)10-2-1-3-21-10/h1-6H,15H2. The number of nitrogens with two attached hydrogens (primary N) is 1. The van der Waals surface area contributed by atoms with Crippen LogP contribution in [0.2, 0.25) is 0 Å². The number of nitro groups is 1. The molecule has 0 fully saturated rings. The number of nitrogens with zero attached hydrogens (tertiary/aromatic N) is 2. The molecule has 0 aliphatic carbocycles. The van der Waals surface area contributed by atoms with Crippen LogP contribution in [0.3, 0.4) is 0 Å². The molecule has 0 atom stereocenters. The molecule has 6 nitrogen and oxygen atoms in total. The molecule has 0 bridgehead atoms. The minimum Gasteiger partial charge on any atom is -0.367 e. The molecule has 21 heavy (non-hydrogen) atoms. The highest BCUT2D eigenvalue weighted by Crippen LogP contribution is 2.40. The van der Waals surface area contributed by atoms with Gasteiger partial charge in [-0.15, -0.1) is 11.3 Å². The molecule has 0 aliphatic rings. The second-order valence-electron chi connectivity index (χ2n) is 4.20. The van der Waals surface area contributed by atoms with Gasteiger partial charge in [-0.1, -0.05) is 27.2 Å². The van der Waals surface area contributed by atoms with Gasteiger partial charge >= 0.3 is 0 Å². The lowest BCUT2D eigenvalue weighted by molar-refractivity contribution is -0.384. The molecule has 0 spiro atoms. The van der Waals surface area contributed by atoms with E-state index in [1.165, 1.54) is 23.5 Å². The number of aromatic nitrogens is 1. The Morgan fingerprint density at radius 1 is 1.38 bits per heavy atom. The van der Waals surface area contributed by atoms with Gasteiger partial charge in [-0.2, -0.15) is 0 Å². The number of nitrogen functional groups attached to an aromatic ring is 1. The number of benzene rings is 1. The first-order valence-corrected chi connectivity index (χ1v) is 7.48. The van der Waals surface area contributed by atoms with Crippen molar-refractivity contribution >= 4 is 38.8 Å². The van der Waals surface area contributed by atoms with Crippen molar-refractivity contribution in [1.29, 1.82) is 0 Å². The van der Waals surface area contributed by atoms with Crippen LogP contribution in [0.5, 0.6) is 0 Å². The summed E-state index contributed by atoms with van der Waals surface area (Å²) < 4.78 is 5.65. The Morgan fingerprint density at radius 2 is 2.19 bits per heavy atom. The van der Waals surface area contributed by atoms with E-state index in [0.29, 0.717) is 21.3 Å². The molecule has 106 valence electrons. The fourth-order valence-corrected chi connectivity index (χ4v) is 3.23. The quantitative estimate of drug-likeness (QED) is 0.550. The van der Waals surface area contributed by atoms with Crippen molar-refractivity contribution < 1.29 is 9.45 Å². The van der Waals surface area contributed by atoms with Gasteiger partial charge in [0.05, 0.1) is 10.5 Å². The number of thiophene rings is 1. The number of nitro benzene ring substituents is 1. The van der Waals surface area contributed by atoms with E-state index < -0.39 is 4.92 Å². The highest BCUT2D eigenvalue weighted by molar-refractivity contribution is 9.10. The summed E-state index contributed by atoms with van der Waals surface area (Å²) in [7, 11) is 0. The Bertz CT molecular complexity index is 814. The van der Waals surface area contributed by atoms with E-state index in [2.05, 4.69) is 21.1 Å². The molecule has 8 heteroatoms. The predicted octanol–water partition coefficient (Wildman–Crippen LogP) is 4.32. The van der Waals surface area contributed by atoms with Crippen molar-refractivity contribution in [2.45, 2.75) is 0 Å². The topological polar surface area (TPSA) is 95.2 Å². The maximum Gasteiger partial charge on any atom is 0.271 e. The first kappa shape index (κ1) is 13.8. The van der Waals surface area contributed by atoms with Gasteiger partial charge < -0.3 is 10.3 Å². The van der Waals surface area contributed by atoms with E-state index in [0.717, 1.165) is 4.88 Å². The lowest BCUT2D eigenvalue weighted by Gasteiger charge is -2.02. The van der Waals surface area contributed by atoms with Gasteiger partial charge in [-0.05, 0) is 17.5 Å². The summed E-state index contributed by atoms with van der Waals surface area (Å²) in [6.45, 7) is 0. The molecule has 1 aromatic carbocycles. The number of hydrogen-bond acceptors (Lipinski definition) is 6. The monoisotopic (exact) mass is 365 g/mol. The maximum atomic E-state index is 11.0. The largest absolute Gasteiger partial charge is 0.367 e. The van der Waals surface area contributed by atoms with Crippen LogP contribution in [0.4, 0.5) is 11.6 Å². The summed E-state index contributed by atoms with van der Waals surface area (Å²) in [5.74, 6) is 0.190. The van der Waals surface area contributed by atoms with Gasteiger partial charge in [0.1, 0.15) is 5.69 Å². The van der Waals surface area contributed by atoms with Crippen molar-refractivity contribution in [3.05, 3.63) is 50.3 Å². The van der Waals surface area contributed by atoms with Crippen molar-refractivity contribution in [1.82, 2.24) is 5.16 Å². The van der Waals surface area contributed by atoms with Crippen LogP contribution in [0, 0.1) is 10.1 Å². The van der Waals surface area contributed by atoms with Gasteiger partial charge in [0.2, 0.25) is 5.88 Å². The molecular formula is C13H8BrN3O3S. The molecule has 0 saturated carbocycles. The van der Waals surface area contributed by atoms with Gasteiger partial charge in [-0.25, -0.2) is 0 Å². The van der Waals surface area contributed by atoms with Crippen LogP contribution >= 0.6 is 27.3 Å². The molecular weight excluding hydrogens is 358 g/mol. The first-order valence-electron chi connectivity index (χ1n) is 5.80. The number of anilines is 1. The van der Waals surface area contributed by atoms with Gasteiger partial charge in [-0.3, -0.25) is 10.1 Å². The van der Waals surface area contributed by atoms with E-state index in [9.17, 15) is 10.1 Å². The molecule has 0 saturated heterocycles. The third kappa shape index (κ3) is 2.55. The summed E-state index contributed by atoms with van der Waals surface area (Å²) >= 11 is 4.76. The van der Waals surface area contributed by atoms with Crippen LogP contribution in [-0.2, 0) is 0 Å². The molecule has 2 N–H and O–H groups in total. The number of rotatable bonds is 3. The average Bonchev–Trinajstić information content (AvgIpc) is 3.06. The Kier molecular flexibility index (Phi) is 3.48. The second kappa shape index (κ2) is 5.30. The zero-order chi connectivity index (χ0) is 15.0. The van der Waals surface area contributed by atoms with Gasteiger partial charge in [0.15, 0.2) is 0 Å².